The molecule has 0 radical (unpaired) electrons. The third-order valence-electron chi connectivity index (χ3n) is 1.89. The van der Waals surface area contributed by atoms with Crippen molar-refractivity contribution < 1.29 is 18.3 Å². The molecule has 1 aromatic heterocycles. The van der Waals surface area contributed by atoms with Crippen molar-refractivity contribution in [3.63, 3.8) is 0 Å². The number of hydrogen-bond acceptors (Lipinski definition) is 3. The number of alkyl halides is 2. The SMILES string of the molecule is COC(=O)Cc1c(Br)cc(C(F)F)[nH]c1=O. The summed E-state index contributed by atoms with van der Waals surface area (Å²) in [6.45, 7) is 0. The summed E-state index contributed by atoms with van der Waals surface area (Å²) >= 11 is 2.96. The molecule has 0 amide bonds. The highest BCUT2D eigenvalue weighted by Gasteiger charge is 2.16. The van der Waals surface area contributed by atoms with Gasteiger partial charge in [-0.3, -0.25) is 9.59 Å². The average molecular weight is 296 g/mol. The van der Waals surface area contributed by atoms with Crippen molar-refractivity contribution >= 4 is 21.9 Å². The van der Waals surface area contributed by atoms with Crippen LogP contribution in [0.4, 0.5) is 8.78 Å². The Morgan fingerprint density at radius 3 is 2.69 bits per heavy atom. The second kappa shape index (κ2) is 5.20. The highest BCUT2D eigenvalue weighted by atomic mass is 79.9. The van der Waals surface area contributed by atoms with Gasteiger partial charge in [-0.1, -0.05) is 15.9 Å². The van der Waals surface area contributed by atoms with Gasteiger partial charge in [0.1, 0.15) is 0 Å². The molecule has 1 aromatic rings. The van der Waals surface area contributed by atoms with Crippen LogP contribution in [0.5, 0.6) is 0 Å². The first-order chi connectivity index (χ1) is 7.45. The van der Waals surface area contributed by atoms with Crippen LogP contribution in [0.25, 0.3) is 0 Å². The van der Waals surface area contributed by atoms with Crippen LogP contribution in [0, 0.1) is 0 Å². The van der Waals surface area contributed by atoms with Crippen LogP contribution in [-0.4, -0.2) is 18.1 Å². The van der Waals surface area contributed by atoms with Crippen LogP contribution < -0.4 is 5.56 Å². The molecule has 0 aliphatic rings. The fourth-order valence-corrected chi connectivity index (χ4v) is 1.64. The van der Waals surface area contributed by atoms with Gasteiger partial charge in [-0.05, 0) is 6.07 Å². The number of aromatic amines is 1. The number of esters is 1. The molecular formula is C9H8BrF2NO3. The molecule has 0 aliphatic heterocycles. The quantitative estimate of drug-likeness (QED) is 0.865. The van der Waals surface area contributed by atoms with Crippen molar-refractivity contribution in [2.24, 2.45) is 0 Å². The fraction of sp³-hybridized carbons (Fsp3) is 0.333. The maximum Gasteiger partial charge on any atom is 0.310 e. The first-order valence-electron chi connectivity index (χ1n) is 4.22. The first kappa shape index (κ1) is 12.8. The summed E-state index contributed by atoms with van der Waals surface area (Å²) in [5.74, 6) is -0.615. The van der Waals surface area contributed by atoms with Crippen molar-refractivity contribution in [3.05, 3.63) is 32.2 Å². The van der Waals surface area contributed by atoms with Gasteiger partial charge in [-0.15, -0.1) is 0 Å². The van der Waals surface area contributed by atoms with E-state index in [1.54, 1.807) is 0 Å². The van der Waals surface area contributed by atoms with Gasteiger partial charge in [0.2, 0.25) is 0 Å². The lowest BCUT2D eigenvalue weighted by Crippen LogP contribution is -2.19. The zero-order valence-electron chi connectivity index (χ0n) is 8.22. The Hall–Kier alpha value is -1.24. The zero-order valence-corrected chi connectivity index (χ0v) is 9.81. The normalized spacial score (nSPS) is 10.6. The molecule has 1 N–H and O–H groups in total. The van der Waals surface area contributed by atoms with Gasteiger partial charge in [0, 0.05) is 10.0 Å². The largest absolute Gasteiger partial charge is 0.469 e. The highest BCUT2D eigenvalue weighted by Crippen LogP contribution is 2.21. The summed E-state index contributed by atoms with van der Waals surface area (Å²) in [5, 5.41) is 0. The number of hydrogen-bond donors (Lipinski definition) is 1. The topological polar surface area (TPSA) is 59.2 Å². The predicted molar refractivity (Wildman–Crippen MR) is 55.4 cm³/mol. The lowest BCUT2D eigenvalue weighted by Gasteiger charge is -2.05. The van der Waals surface area contributed by atoms with Crippen molar-refractivity contribution in [2.45, 2.75) is 12.8 Å². The van der Waals surface area contributed by atoms with E-state index < -0.39 is 23.6 Å². The van der Waals surface area contributed by atoms with Gasteiger partial charge in [0.15, 0.2) is 0 Å². The summed E-state index contributed by atoms with van der Waals surface area (Å²) in [4.78, 5) is 24.4. The lowest BCUT2D eigenvalue weighted by atomic mass is 10.2. The van der Waals surface area contributed by atoms with Crippen LogP contribution in [-0.2, 0) is 16.0 Å². The fourth-order valence-electron chi connectivity index (χ4n) is 1.07. The lowest BCUT2D eigenvalue weighted by molar-refractivity contribution is -0.139. The predicted octanol–water partition coefficient (Wildman–Crippen LogP) is 1.79. The zero-order chi connectivity index (χ0) is 12.3. The molecule has 0 aromatic carbocycles. The Morgan fingerprint density at radius 1 is 1.62 bits per heavy atom. The minimum absolute atomic E-state index is 0.0660. The van der Waals surface area contributed by atoms with Crippen LogP contribution in [0.1, 0.15) is 17.7 Å². The van der Waals surface area contributed by atoms with E-state index in [0.29, 0.717) is 0 Å². The molecule has 4 nitrogen and oxygen atoms in total. The number of aromatic nitrogens is 1. The summed E-state index contributed by atoms with van der Waals surface area (Å²) in [5.41, 5.74) is -1.16. The van der Waals surface area contributed by atoms with Gasteiger partial charge in [-0.2, -0.15) is 0 Å². The molecule has 0 saturated carbocycles. The molecule has 0 spiro atoms. The van der Waals surface area contributed by atoms with Crippen LogP contribution in [0.15, 0.2) is 15.3 Å². The number of carbonyl (C=O) groups is 1. The molecule has 7 heteroatoms. The Bertz CT molecular complexity index is 459. The summed E-state index contributed by atoms with van der Waals surface area (Å²) in [6, 6.07) is 1.07. The number of H-pyrrole nitrogens is 1. The molecule has 16 heavy (non-hydrogen) atoms. The Labute approximate surface area is 97.7 Å². The molecule has 0 atom stereocenters. The van der Waals surface area contributed by atoms with Gasteiger partial charge < -0.3 is 9.72 Å². The molecular weight excluding hydrogens is 288 g/mol. The smallest absolute Gasteiger partial charge is 0.310 e. The minimum Gasteiger partial charge on any atom is -0.469 e. The number of pyridine rings is 1. The number of nitrogens with one attached hydrogen (secondary N) is 1. The Balaban J connectivity index is 3.13. The summed E-state index contributed by atoms with van der Waals surface area (Å²) in [7, 11) is 1.18. The van der Waals surface area contributed by atoms with Gasteiger partial charge in [-0.25, -0.2) is 8.78 Å². The van der Waals surface area contributed by atoms with Crippen LogP contribution in [0.3, 0.4) is 0 Å². The van der Waals surface area contributed by atoms with E-state index in [1.807, 2.05) is 4.98 Å². The van der Waals surface area contributed by atoms with E-state index in [4.69, 9.17) is 0 Å². The third-order valence-corrected chi connectivity index (χ3v) is 2.59. The van der Waals surface area contributed by atoms with Crippen molar-refractivity contribution in [1.29, 1.82) is 0 Å². The van der Waals surface area contributed by atoms with E-state index in [0.717, 1.165) is 6.07 Å². The Morgan fingerprint density at radius 2 is 2.25 bits per heavy atom. The van der Waals surface area contributed by atoms with E-state index in [2.05, 4.69) is 20.7 Å². The van der Waals surface area contributed by atoms with Crippen LogP contribution >= 0.6 is 15.9 Å². The second-order valence-electron chi connectivity index (χ2n) is 2.93. The number of ether oxygens (including phenoxy) is 1. The maximum absolute atomic E-state index is 12.3. The van der Waals surface area contributed by atoms with Crippen molar-refractivity contribution in [1.82, 2.24) is 4.98 Å². The number of methoxy groups -OCH3 is 1. The standard InChI is InChI=1S/C9H8BrF2NO3/c1-16-7(14)2-4-5(10)3-6(8(11)12)13-9(4)15/h3,8H,2H2,1H3,(H,13,15). The van der Waals surface area contributed by atoms with E-state index in [9.17, 15) is 18.4 Å². The molecule has 0 aliphatic carbocycles. The first-order valence-corrected chi connectivity index (χ1v) is 5.01. The van der Waals surface area contributed by atoms with Crippen molar-refractivity contribution in [3.8, 4) is 0 Å². The monoisotopic (exact) mass is 295 g/mol. The molecule has 0 saturated heterocycles. The highest BCUT2D eigenvalue weighted by molar-refractivity contribution is 9.10. The third kappa shape index (κ3) is 2.88. The maximum atomic E-state index is 12.3. The number of rotatable bonds is 3. The van der Waals surface area contributed by atoms with E-state index in [1.165, 1.54) is 7.11 Å². The van der Waals surface area contributed by atoms with Gasteiger partial charge in [0.25, 0.3) is 12.0 Å². The molecule has 0 bridgehead atoms. The molecule has 88 valence electrons. The average Bonchev–Trinajstić information content (AvgIpc) is 2.22. The molecule has 1 heterocycles. The van der Waals surface area contributed by atoms with Gasteiger partial charge >= 0.3 is 5.97 Å². The minimum atomic E-state index is -2.77. The van der Waals surface area contributed by atoms with Crippen molar-refractivity contribution in [2.75, 3.05) is 7.11 Å². The molecule has 0 fully saturated rings. The second-order valence-corrected chi connectivity index (χ2v) is 3.79. The van der Waals surface area contributed by atoms with E-state index in [-0.39, 0.29) is 16.5 Å². The number of carbonyl (C=O) groups excluding carboxylic acids is 1. The van der Waals surface area contributed by atoms with Crippen LogP contribution in [0.2, 0.25) is 0 Å². The van der Waals surface area contributed by atoms with Gasteiger partial charge in [0.05, 0.1) is 19.2 Å². The molecule has 1 rings (SSSR count). The summed E-state index contributed by atoms with van der Waals surface area (Å²) in [6.07, 6.45) is -3.04. The van der Waals surface area contributed by atoms with E-state index >= 15 is 0 Å². The molecule has 0 unspecified atom stereocenters. The summed E-state index contributed by atoms with van der Waals surface area (Å²) < 4.78 is 29.2. The Kier molecular flexibility index (Phi) is 4.17. The number of halogens is 3.